The van der Waals surface area contributed by atoms with Crippen molar-refractivity contribution in [3.8, 4) is 0 Å². The summed E-state index contributed by atoms with van der Waals surface area (Å²) >= 11 is 1.37. The Kier molecular flexibility index (Phi) is 3.55. The summed E-state index contributed by atoms with van der Waals surface area (Å²) in [6, 6.07) is 0. The Morgan fingerprint density at radius 1 is 1.48 bits per heavy atom. The smallest absolute Gasteiger partial charge is 0.281 e. The van der Waals surface area contributed by atoms with Gasteiger partial charge in [0.05, 0.1) is 6.20 Å². The number of hydrogen-bond donors (Lipinski definition) is 2. The Morgan fingerprint density at radius 3 is 3.05 bits per heavy atom. The van der Waals surface area contributed by atoms with Crippen molar-refractivity contribution in [2.24, 2.45) is 0 Å². The molecular weight excluding hydrogens is 314 g/mol. The molecule has 112 valence electrons. The van der Waals surface area contributed by atoms with Gasteiger partial charge in [-0.3, -0.25) is 9.12 Å². The number of nitrogens with zero attached hydrogens (tertiary/aromatic N) is 3. The number of fused-ring (bicyclic) bond motifs is 1. The quantitative estimate of drug-likeness (QED) is 0.718. The van der Waals surface area contributed by atoms with Gasteiger partial charge in [0, 0.05) is 18.1 Å². The number of nitrogens with one attached hydrogen (secondary N) is 2. The molecule has 3 heterocycles. The minimum Gasteiger partial charge on any atom is -0.368 e. The van der Waals surface area contributed by atoms with Crippen molar-refractivity contribution in [1.82, 2.24) is 14.5 Å². The molecule has 0 radical (unpaired) electrons. The molecule has 21 heavy (non-hydrogen) atoms. The van der Waals surface area contributed by atoms with Crippen LogP contribution in [0.4, 0.5) is 11.5 Å². The van der Waals surface area contributed by atoms with Crippen LogP contribution in [-0.4, -0.2) is 29.5 Å². The number of thiazole rings is 1. The van der Waals surface area contributed by atoms with Crippen LogP contribution in [0.1, 0.15) is 13.3 Å². The summed E-state index contributed by atoms with van der Waals surface area (Å²) in [5.74, 6) is 0.340. The fourth-order valence-corrected chi connectivity index (χ4v) is 3.90. The van der Waals surface area contributed by atoms with Gasteiger partial charge in [0.15, 0.2) is 10.8 Å². The molecule has 0 unspecified atom stereocenters. The molecule has 2 N–H and O–H groups in total. The van der Waals surface area contributed by atoms with Crippen molar-refractivity contribution in [3.05, 3.63) is 24.0 Å². The Balaban J connectivity index is 2.06. The molecule has 0 fully saturated rings. The first-order valence-corrected chi connectivity index (χ1v) is 8.59. The normalized spacial score (nSPS) is 11.9. The number of imidazole rings is 1. The fraction of sp³-hybridized carbons (Fsp3) is 0.273. The zero-order chi connectivity index (χ0) is 14.9. The highest BCUT2D eigenvalue weighted by molar-refractivity contribution is 7.92. The summed E-state index contributed by atoms with van der Waals surface area (Å²) in [4.78, 5) is 4.93. The van der Waals surface area contributed by atoms with Crippen LogP contribution in [-0.2, 0) is 10.0 Å². The monoisotopic (exact) mass is 327 g/mol. The summed E-state index contributed by atoms with van der Waals surface area (Å²) in [5.41, 5.74) is 0.265. The lowest BCUT2D eigenvalue weighted by molar-refractivity contribution is 0.420. The highest BCUT2D eigenvalue weighted by atomic mass is 32.2. The molecule has 3 aromatic rings. The highest BCUT2D eigenvalue weighted by Gasteiger charge is 2.26. The number of rotatable bonds is 6. The molecular formula is C11H13N5O3S2. The summed E-state index contributed by atoms with van der Waals surface area (Å²) in [6.45, 7) is 2.63. The summed E-state index contributed by atoms with van der Waals surface area (Å²) in [7, 11) is -3.80. The molecule has 0 atom stereocenters. The lowest BCUT2D eigenvalue weighted by atomic mass is 10.5. The summed E-state index contributed by atoms with van der Waals surface area (Å²) in [5, 5.41) is 8.37. The average molecular weight is 327 g/mol. The number of anilines is 2. The van der Waals surface area contributed by atoms with Gasteiger partial charge in [-0.15, -0.1) is 11.3 Å². The van der Waals surface area contributed by atoms with Gasteiger partial charge in [-0.1, -0.05) is 12.1 Å². The maximum Gasteiger partial charge on any atom is 0.281 e. The number of aromatic nitrogens is 3. The largest absolute Gasteiger partial charge is 0.368 e. The molecule has 3 rings (SSSR count). The van der Waals surface area contributed by atoms with Crippen LogP contribution >= 0.6 is 11.3 Å². The zero-order valence-electron chi connectivity index (χ0n) is 11.1. The van der Waals surface area contributed by atoms with Crippen molar-refractivity contribution in [2.45, 2.75) is 18.4 Å². The van der Waals surface area contributed by atoms with Crippen molar-refractivity contribution in [2.75, 3.05) is 16.6 Å². The van der Waals surface area contributed by atoms with Crippen molar-refractivity contribution < 1.29 is 12.9 Å². The van der Waals surface area contributed by atoms with E-state index in [1.807, 2.05) is 6.92 Å². The van der Waals surface area contributed by atoms with E-state index in [1.54, 1.807) is 16.0 Å². The Labute approximate surface area is 124 Å². The van der Waals surface area contributed by atoms with Gasteiger partial charge < -0.3 is 9.84 Å². The van der Waals surface area contributed by atoms with E-state index in [4.69, 9.17) is 0 Å². The molecule has 10 heteroatoms. The molecule has 8 nitrogen and oxygen atoms in total. The maximum absolute atomic E-state index is 12.6. The molecule has 0 amide bonds. The van der Waals surface area contributed by atoms with Crippen molar-refractivity contribution >= 4 is 37.8 Å². The van der Waals surface area contributed by atoms with Gasteiger partial charge in [0.2, 0.25) is 5.03 Å². The van der Waals surface area contributed by atoms with E-state index in [0.717, 1.165) is 6.42 Å². The number of hydrogen-bond acceptors (Lipinski definition) is 7. The van der Waals surface area contributed by atoms with E-state index in [2.05, 4.69) is 24.7 Å². The third-order valence-electron chi connectivity index (χ3n) is 2.70. The van der Waals surface area contributed by atoms with E-state index in [0.29, 0.717) is 17.3 Å². The van der Waals surface area contributed by atoms with Crippen molar-refractivity contribution in [3.63, 3.8) is 0 Å². The lowest BCUT2D eigenvalue weighted by Crippen LogP contribution is -2.17. The van der Waals surface area contributed by atoms with Crippen LogP contribution in [0.2, 0.25) is 0 Å². The van der Waals surface area contributed by atoms with Gasteiger partial charge in [0.1, 0.15) is 12.0 Å². The molecule has 0 saturated carbocycles. The van der Waals surface area contributed by atoms with Crippen LogP contribution in [0.5, 0.6) is 0 Å². The first-order chi connectivity index (χ1) is 10.1. The third kappa shape index (κ3) is 2.59. The molecule has 0 aliphatic heterocycles. The third-order valence-corrected chi connectivity index (χ3v) is 4.86. The highest BCUT2D eigenvalue weighted by Crippen LogP contribution is 2.27. The second-order valence-corrected chi connectivity index (χ2v) is 6.74. The van der Waals surface area contributed by atoms with Gasteiger partial charge in [-0.2, -0.15) is 8.42 Å². The fourth-order valence-electron chi connectivity index (χ4n) is 1.84. The first-order valence-electron chi connectivity index (χ1n) is 6.23. The van der Waals surface area contributed by atoms with Gasteiger partial charge in [0.25, 0.3) is 10.0 Å². The van der Waals surface area contributed by atoms with Crippen molar-refractivity contribution in [1.29, 1.82) is 0 Å². The zero-order valence-corrected chi connectivity index (χ0v) is 12.7. The van der Waals surface area contributed by atoms with Gasteiger partial charge in [-0.05, 0) is 6.42 Å². The molecule has 0 aromatic carbocycles. The van der Waals surface area contributed by atoms with Crippen LogP contribution in [0.25, 0.3) is 4.96 Å². The SMILES string of the molecule is CCCNc1nc2sccn2c1S(=O)(=O)Nc1cnoc1. The summed E-state index contributed by atoms with van der Waals surface area (Å²) in [6.07, 6.45) is 5.06. The molecule has 0 aliphatic rings. The molecule has 0 bridgehead atoms. The topological polar surface area (TPSA) is 102 Å². The van der Waals surface area contributed by atoms with Gasteiger partial charge in [-0.25, -0.2) is 4.98 Å². The minimum absolute atomic E-state index is 0.0772. The van der Waals surface area contributed by atoms with Crippen LogP contribution < -0.4 is 10.0 Å². The lowest BCUT2D eigenvalue weighted by Gasteiger charge is -2.07. The van der Waals surface area contributed by atoms with Gasteiger partial charge >= 0.3 is 0 Å². The first kappa shape index (κ1) is 13.9. The van der Waals surface area contributed by atoms with E-state index < -0.39 is 10.0 Å². The Bertz CT molecular complexity index is 835. The van der Waals surface area contributed by atoms with E-state index in [9.17, 15) is 8.42 Å². The molecule has 0 spiro atoms. The molecule has 3 aromatic heterocycles. The van der Waals surface area contributed by atoms with Crippen LogP contribution in [0.15, 0.2) is 33.6 Å². The predicted molar refractivity (Wildman–Crippen MR) is 79.2 cm³/mol. The van der Waals surface area contributed by atoms with E-state index in [-0.39, 0.29) is 10.7 Å². The predicted octanol–water partition coefficient (Wildman–Crippen LogP) is 2.01. The maximum atomic E-state index is 12.6. The van der Waals surface area contributed by atoms with Crippen LogP contribution in [0, 0.1) is 0 Å². The second kappa shape index (κ2) is 5.37. The minimum atomic E-state index is -3.80. The second-order valence-electron chi connectivity index (χ2n) is 4.27. The van der Waals surface area contributed by atoms with Crippen LogP contribution in [0.3, 0.4) is 0 Å². The van der Waals surface area contributed by atoms with E-state index >= 15 is 0 Å². The standard InChI is InChI=1S/C11H13N5O3S2/c1-2-3-12-9-10(16-4-5-20-11(16)14-9)21(17,18)15-8-6-13-19-7-8/h4-7,12,15H,2-3H2,1H3. The van der Waals surface area contributed by atoms with E-state index in [1.165, 1.54) is 23.8 Å². The molecule has 0 aliphatic carbocycles. The Hall–Kier alpha value is -2.07. The number of sulfonamides is 1. The average Bonchev–Trinajstić information content (AvgIpc) is 3.10. The molecule has 0 saturated heterocycles. The summed E-state index contributed by atoms with van der Waals surface area (Å²) < 4.78 is 33.8. The Morgan fingerprint density at radius 2 is 2.33 bits per heavy atom.